The van der Waals surface area contributed by atoms with Crippen molar-refractivity contribution >= 4 is 23.2 Å². The number of ether oxygens (including phenoxy) is 1. The molecule has 4 rings (SSSR count). The molecule has 1 atom stereocenters. The van der Waals surface area contributed by atoms with E-state index in [4.69, 9.17) is 9.26 Å². The molecule has 2 N–H and O–H groups in total. The number of benzene rings is 2. The number of fused-ring (bicyclic) bond motifs is 1. The predicted molar refractivity (Wildman–Crippen MR) is 107 cm³/mol. The van der Waals surface area contributed by atoms with Crippen LogP contribution in [0.5, 0.6) is 5.75 Å². The van der Waals surface area contributed by atoms with E-state index in [-0.39, 0.29) is 18.2 Å². The van der Waals surface area contributed by atoms with E-state index in [0.29, 0.717) is 35.3 Å². The van der Waals surface area contributed by atoms with Gasteiger partial charge in [0.05, 0.1) is 5.69 Å². The number of carbonyl (C=O) groups excluding carboxylic acids is 2. The van der Waals surface area contributed by atoms with E-state index < -0.39 is 6.10 Å². The fraction of sp³-hybridized carbons (Fsp3) is 0.238. The third kappa shape index (κ3) is 4.26. The van der Waals surface area contributed by atoms with Crippen molar-refractivity contribution in [1.29, 1.82) is 0 Å². The van der Waals surface area contributed by atoms with Gasteiger partial charge in [-0.05, 0) is 32.0 Å². The molecule has 1 aliphatic heterocycles. The third-order valence-corrected chi connectivity index (χ3v) is 4.54. The molecule has 1 aliphatic rings. The highest BCUT2D eigenvalue weighted by Crippen LogP contribution is 2.32. The smallest absolute Gasteiger partial charge is 0.265 e. The van der Waals surface area contributed by atoms with Crippen LogP contribution in [0.4, 0.5) is 11.4 Å². The van der Waals surface area contributed by atoms with Crippen LogP contribution in [0.15, 0.2) is 47.0 Å². The van der Waals surface area contributed by atoms with Crippen molar-refractivity contribution in [2.75, 3.05) is 10.6 Å². The molecule has 148 valence electrons. The van der Waals surface area contributed by atoms with Crippen LogP contribution in [-0.4, -0.2) is 28.1 Å². The zero-order chi connectivity index (χ0) is 20.4. The summed E-state index contributed by atoms with van der Waals surface area (Å²) in [5.41, 5.74) is 3.11. The first-order valence-corrected chi connectivity index (χ1v) is 9.29. The average Bonchev–Trinajstić information content (AvgIpc) is 3.17. The van der Waals surface area contributed by atoms with Gasteiger partial charge in [-0.2, -0.15) is 4.98 Å². The van der Waals surface area contributed by atoms with E-state index in [1.165, 1.54) is 0 Å². The summed E-state index contributed by atoms with van der Waals surface area (Å²) in [6, 6.07) is 12.9. The van der Waals surface area contributed by atoms with Gasteiger partial charge in [-0.15, -0.1) is 0 Å². The first-order chi connectivity index (χ1) is 14.0. The molecule has 0 saturated carbocycles. The van der Waals surface area contributed by atoms with Gasteiger partial charge in [0.25, 0.3) is 5.91 Å². The van der Waals surface area contributed by atoms with Crippen molar-refractivity contribution in [3.8, 4) is 17.1 Å². The second kappa shape index (κ2) is 7.75. The summed E-state index contributed by atoms with van der Waals surface area (Å²) >= 11 is 0. The molecule has 3 aromatic rings. The minimum Gasteiger partial charge on any atom is -0.479 e. The lowest BCUT2D eigenvalue weighted by atomic mass is 10.1. The lowest BCUT2D eigenvalue weighted by Crippen LogP contribution is -2.34. The summed E-state index contributed by atoms with van der Waals surface area (Å²) in [6.45, 7) is 3.68. The van der Waals surface area contributed by atoms with E-state index >= 15 is 0 Å². The predicted octanol–water partition coefficient (Wildman–Crippen LogP) is 3.34. The maximum Gasteiger partial charge on any atom is 0.265 e. The lowest BCUT2D eigenvalue weighted by Gasteiger charge is -2.23. The SMILES string of the molecule is Cc1ccc(-c2noc(CCC(=O)Nc3ccc4c(c3)NC(=O)[C@H](C)O4)n2)cc1. The van der Waals surface area contributed by atoms with Gasteiger partial charge in [0.1, 0.15) is 5.75 Å². The van der Waals surface area contributed by atoms with Crippen LogP contribution in [0.1, 0.15) is 24.8 Å². The first-order valence-electron chi connectivity index (χ1n) is 9.29. The topological polar surface area (TPSA) is 106 Å². The summed E-state index contributed by atoms with van der Waals surface area (Å²) in [4.78, 5) is 28.3. The van der Waals surface area contributed by atoms with Crippen LogP contribution in [0.25, 0.3) is 11.4 Å². The van der Waals surface area contributed by atoms with Crippen molar-refractivity contribution in [1.82, 2.24) is 10.1 Å². The van der Waals surface area contributed by atoms with Gasteiger partial charge in [0.2, 0.25) is 17.6 Å². The van der Waals surface area contributed by atoms with Crippen LogP contribution in [0.2, 0.25) is 0 Å². The minimum atomic E-state index is -0.540. The number of rotatable bonds is 5. The molecule has 2 aromatic carbocycles. The number of hydrogen-bond acceptors (Lipinski definition) is 6. The van der Waals surface area contributed by atoms with Crippen molar-refractivity contribution in [3.63, 3.8) is 0 Å². The zero-order valence-electron chi connectivity index (χ0n) is 16.1. The highest BCUT2D eigenvalue weighted by atomic mass is 16.5. The number of aryl methyl sites for hydroxylation is 2. The van der Waals surface area contributed by atoms with Crippen molar-refractivity contribution < 1.29 is 18.8 Å². The summed E-state index contributed by atoms with van der Waals surface area (Å²) < 4.78 is 10.7. The second-order valence-corrected chi connectivity index (χ2v) is 6.89. The molecule has 2 amide bonds. The number of hydrogen-bond donors (Lipinski definition) is 2. The largest absolute Gasteiger partial charge is 0.479 e. The molecular formula is C21H20N4O4. The molecule has 0 unspecified atom stereocenters. The molecule has 0 bridgehead atoms. The van der Waals surface area contributed by atoms with Crippen molar-refractivity contribution in [2.45, 2.75) is 32.8 Å². The highest BCUT2D eigenvalue weighted by molar-refractivity contribution is 5.99. The maximum absolute atomic E-state index is 12.3. The van der Waals surface area contributed by atoms with Crippen molar-refractivity contribution in [3.05, 3.63) is 53.9 Å². The molecule has 29 heavy (non-hydrogen) atoms. The molecule has 0 saturated heterocycles. The van der Waals surface area contributed by atoms with Gasteiger partial charge in [0.15, 0.2) is 6.10 Å². The minimum absolute atomic E-state index is 0.187. The number of carbonyl (C=O) groups is 2. The zero-order valence-corrected chi connectivity index (χ0v) is 16.1. The Morgan fingerprint density at radius 2 is 2.00 bits per heavy atom. The number of amides is 2. The number of nitrogens with one attached hydrogen (secondary N) is 2. The Bertz CT molecular complexity index is 1060. The lowest BCUT2D eigenvalue weighted by molar-refractivity contribution is -0.122. The molecular weight excluding hydrogens is 372 g/mol. The van der Waals surface area contributed by atoms with E-state index in [2.05, 4.69) is 20.8 Å². The van der Waals surface area contributed by atoms with E-state index in [1.54, 1.807) is 25.1 Å². The van der Waals surface area contributed by atoms with Gasteiger partial charge >= 0.3 is 0 Å². The molecule has 0 aliphatic carbocycles. The molecule has 1 aromatic heterocycles. The van der Waals surface area contributed by atoms with E-state index in [9.17, 15) is 9.59 Å². The summed E-state index contributed by atoms with van der Waals surface area (Å²) in [7, 11) is 0. The molecule has 2 heterocycles. The van der Waals surface area contributed by atoms with Gasteiger partial charge < -0.3 is 19.9 Å². The Kier molecular flexibility index (Phi) is 4.99. The fourth-order valence-electron chi connectivity index (χ4n) is 2.91. The Hall–Kier alpha value is -3.68. The maximum atomic E-state index is 12.3. The third-order valence-electron chi connectivity index (χ3n) is 4.54. The van der Waals surface area contributed by atoms with Gasteiger partial charge in [-0.25, -0.2) is 0 Å². The standard InChI is InChI=1S/C21H20N4O4/c1-12-3-5-14(6-4-12)20-24-19(29-25-20)10-9-18(26)22-15-7-8-17-16(11-15)23-21(27)13(2)28-17/h3-8,11,13H,9-10H2,1-2H3,(H,22,26)(H,23,27)/t13-/m0/s1. The van der Waals surface area contributed by atoms with Crippen LogP contribution >= 0.6 is 0 Å². The van der Waals surface area contributed by atoms with Gasteiger partial charge in [-0.1, -0.05) is 35.0 Å². The van der Waals surface area contributed by atoms with E-state index in [0.717, 1.165) is 11.1 Å². The van der Waals surface area contributed by atoms with Crippen LogP contribution < -0.4 is 15.4 Å². The van der Waals surface area contributed by atoms with Crippen LogP contribution in [0.3, 0.4) is 0 Å². The summed E-state index contributed by atoms with van der Waals surface area (Å²) in [5, 5.41) is 9.52. The molecule has 0 spiro atoms. The number of anilines is 2. The van der Waals surface area contributed by atoms with Crippen molar-refractivity contribution in [2.24, 2.45) is 0 Å². The second-order valence-electron chi connectivity index (χ2n) is 6.89. The molecule has 8 nitrogen and oxygen atoms in total. The Balaban J connectivity index is 1.34. The Morgan fingerprint density at radius 1 is 1.21 bits per heavy atom. The fourth-order valence-corrected chi connectivity index (χ4v) is 2.91. The van der Waals surface area contributed by atoms with Gasteiger partial charge in [-0.3, -0.25) is 9.59 Å². The Labute approximate surface area is 167 Å². The van der Waals surface area contributed by atoms with E-state index in [1.807, 2.05) is 31.2 Å². The molecule has 0 radical (unpaired) electrons. The first kappa shape index (κ1) is 18.7. The number of nitrogens with zero attached hydrogens (tertiary/aromatic N) is 2. The summed E-state index contributed by atoms with van der Waals surface area (Å²) in [6.07, 6.45) is -0.0263. The average molecular weight is 392 g/mol. The summed E-state index contributed by atoms with van der Waals surface area (Å²) in [5.74, 6) is 1.05. The Morgan fingerprint density at radius 3 is 2.79 bits per heavy atom. The molecule has 8 heteroatoms. The monoisotopic (exact) mass is 392 g/mol. The van der Waals surface area contributed by atoms with Gasteiger partial charge in [0, 0.05) is 24.1 Å². The number of aromatic nitrogens is 2. The normalized spacial score (nSPS) is 15.2. The highest BCUT2D eigenvalue weighted by Gasteiger charge is 2.23. The van der Waals surface area contributed by atoms with Crippen LogP contribution in [0, 0.1) is 6.92 Å². The quantitative estimate of drug-likeness (QED) is 0.690. The molecule has 0 fully saturated rings. The van der Waals surface area contributed by atoms with Crippen LogP contribution in [-0.2, 0) is 16.0 Å².